The number of hydrogen-bond acceptors (Lipinski definition) is 4. The molecule has 1 aliphatic heterocycles. The maximum atomic E-state index is 9.50. The van der Waals surface area contributed by atoms with Crippen LogP contribution in [0.2, 0.25) is 0 Å². The van der Waals surface area contributed by atoms with Crippen molar-refractivity contribution >= 4 is 5.84 Å². The molecule has 0 bridgehead atoms. The van der Waals surface area contributed by atoms with Gasteiger partial charge in [-0.05, 0) is 43.0 Å². The lowest BCUT2D eigenvalue weighted by molar-refractivity contribution is 0.134. The van der Waals surface area contributed by atoms with Crippen LogP contribution in [-0.4, -0.2) is 40.2 Å². The Morgan fingerprint density at radius 1 is 1.50 bits per heavy atom. The molecule has 110 valence electrons. The minimum Gasteiger partial charge on any atom is -0.409 e. The minimum absolute atomic E-state index is 0.127. The fourth-order valence-electron chi connectivity index (χ4n) is 2.89. The second-order valence-electron chi connectivity index (χ2n) is 5.61. The van der Waals surface area contributed by atoms with Crippen LogP contribution in [0.4, 0.5) is 0 Å². The van der Waals surface area contributed by atoms with E-state index in [9.17, 15) is 5.11 Å². The van der Waals surface area contributed by atoms with Gasteiger partial charge in [0.2, 0.25) is 0 Å². The highest BCUT2D eigenvalue weighted by molar-refractivity contribution is 5.97. The van der Waals surface area contributed by atoms with E-state index in [-0.39, 0.29) is 18.5 Å². The van der Waals surface area contributed by atoms with Gasteiger partial charge in [-0.1, -0.05) is 24.2 Å². The molecule has 4 N–H and O–H groups in total. The lowest BCUT2D eigenvalue weighted by atomic mass is 10.0. The summed E-state index contributed by atoms with van der Waals surface area (Å²) in [5, 5.41) is 21.2. The maximum absolute atomic E-state index is 9.50. The number of aryl methyl sites for hydroxylation is 1. The fourth-order valence-corrected chi connectivity index (χ4v) is 2.89. The fraction of sp³-hybridized carbons (Fsp3) is 0.533. The Bertz CT molecular complexity index is 502. The van der Waals surface area contributed by atoms with Gasteiger partial charge in [0.05, 0.1) is 6.61 Å². The highest BCUT2D eigenvalue weighted by atomic mass is 16.4. The number of rotatable bonds is 4. The van der Waals surface area contributed by atoms with Crippen molar-refractivity contribution in [2.45, 2.75) is 32.9 Å². The molecule has 0 aliphatic carbocycles. The number of amidine groups is 1. The third-order valence-electron chi connectivity index (χ3n) is 4.30. The monoisotopic (exact) mass is 277 g/mol. The van der Waals surface area contributed by atoms with E-state index < -0.39 is 0 Å². The van der Waals surface area contributed by atoms with Crippen molar-refractivity contribution in [2.75, 3.05) is 13.2 Å². The minimum atomic E-state index is 0.127. The molecule has 5 nitrogen and oxygen atoms in total. The SMILES string of the molecule is Cc1cc(/C(N)=N/O)ccc1CN1CCC(C)C1CO. The van der Waals surface area contributed by atoms with Crippen LogP contribution in [0.5, 0.6) is 0 Å². The van der Waals surface area contributed by atoms with Crippen molar-refractivity contribution in [3.05, 3.63) is 34.9 Å². The van der Waals surface area contributed by atoms with Gasteiger partial charge < -0.3 is 16.0 Å². The Morgan fingerprint density at radius 2 is 2.25 bits per heavy atom. The van der Waals surface area contributed by atoms with Crippen LogP contribution in [0.1, 0.15) is 30.0 Å². The van der Waals surface area contributed by atoms with Crippen molar-refractivity contribution < 1.29 is 10.3 Å². The van der Waals surface area contributed by atoms with Gasteiger partial charge >= 0.3 is 0 Å². The van der Waals surface area contributed by atoms with Gasteiger partial charge in [0.1, 0.15) is 0 Å². The van der Waals surface area contributed by atoms with E-state index in [1.54, 1.807) is 0 Å². The van der Waals surface area contributed by atoms with Gasteiger partial charge in [-0.15, -0.1) is 0 Å². The number of nitrogens with two attached hydrogens (primary N) is 1. The molecule has 2 unspecified atom stereocenters. The molecule has 1 aliphatic rings. The zero-order valence-electron chi connectivity index (χ0n) is 12.1. The lowest BCUT2D eigenvalue weighted by Gasteiger charge is -2.25. The van der Waals surface area contributed by atoms with Crippen molar-refractivity contribution in [3.63, 3.8) is 0 Å². The van der Waals surface area contributed by atoms with Crippen molar-refractivity contribution in [1.29, 1.82) is 0 Å². The predicted octanol–water partition coefficient (Wildman–Crippen LogP) is 1.29. The zero-order valence-corrected chi connectivity index (χ0v) is 12.1. The second-order valence-corrected chi connectivity index (χ2v) is 5.61. The summed E-state index contributed by atoms with van der Waals surface area (Å²) in [6.45, 7) is 6.28. The number of aliphatic hydroxyl groups is 1. The standard InChI is InChI=1S/C15H23N3O2/c1-10-5-6-18(14(10)9-19)8-13-4-3-12(7-11(13)2)15(16)17-20/h3-4,7,10,14,19-20H,5-6,8-9H2,1-2H3,(H2,16,17). The van der Waals surface area contributed by atoms with Crippen LogP contribution in [0.3, 0.4) is 0 Å². The molecule has 1 fully saturated rings. The summed E-state index contributed by atoms with van der Waals surface area (Å²) in [5.74, 6) is 0.666. The largest absolute Gasteiger partial charge is 0.409 e. The van der Waals surface area contributed by atoms with Crippen LogP contribution in [-0.2, 0) is 6.54 Å². The molecule has 0 amide bonds. The average molecular weight is 277 g/mol. The molecule has 5 heteroatoms. The molecule has 0 aromatic heterocycles. The molecule has 2 atom stereocenters. The Balaban J connectivity index is 2.14. The highest BCUT2D eigenvalue weighted by Gasteiger charge is 2.30. The van der Waals surface area contributed by atoms with Gasteiger partial charge in [-0.3, -0.25) is 4.90 Å². The lowest BCUT2D eigenvalue weighted by Crippen LogP contribution is -2.34. The molecule has 1 heterocycles. The van der Waals surface area contributed by atoms with Gasteiger partial charge in [0, 0.05) is 18.2 Å². The summed E-state index contributed by atoms with van der Waals surface area (Å²) < 4.78 is 0. The molecule has 0 spiro atoms. The van der Waals surface area contributed by atoms with Crippen LogP contribution in [0.25, 0.3) is 0 Å². The molecule has 1 aromatic rings. The highest BCUT2D eigenvalue weighted by Crippen LogP contribution is 2.26. The first kappa shape index (κ1) is 14.8. The maximum Gasteiger partial charge on any atom is 0.170 e. The van der Waals surface area contributed by atoms with Crippen molar-refractivity contribution in [1.82, 2.24) is 4.90 Å². The topological polar surface area (TPSA) is 82.1 Å². The average Bonchev–Trinajstić information content (AvgIpc) is 2.80. The predicted molar refractivity (Wildman–Crippen MR) is 78.8 cm³/mol. The molecule has 0 radical (unpaired) electrons. The van der Waals surface area contributed by atoms with Gasteiger partial charge in [0.25, 0.3) is 0 Å². The van der Waals surface area contributed by atoms with Crippen LogP contribution in [0, 0.1) is 12.8 Å². The molecular formula is C15H23N3O2. The molecule has 1 aromatic carbocycles. The Hall–Kier alpha value is -1.59. The normalized spacial score (nSPS) is 24.2. The Morgan fingerprint density at radius 3 is 2.85 bits per heavy atom. The smallest absolute Gasteiger partial charge is 0.170 e. The Kier molecular flexibility index (Phi) is 4.62. The van der Waals surface area contributed by atoms with Gasteiger partial charge in [0.15, 0.2) is 5.84 Å². The zero-order chi connectivity index (χ0) is 14.7. The summed E-state index contributed by atoms with van der Waals surface area (Å²) >= 11 is 0. The summed E-state index contributed by atoms with van der Waals surface area (Å²) in [5.41, 5.74) is 8.65. The first-order valence-electron chi connectivity index (χ1n) is 6.99. The van der Waals surface area contributed by atoms with E-state index in [4.69, 9.17) is 10.9 Å². The summed E-state index contributed by atoms with van der Waals surface area (Å²) in [4.78, 5) is 2.33. The molecular weight excluding hydrogens is 254 g/mol. The van der Waals surface area contributed by atoms with E-state index in [0.29, 0.717) is 5.92 Å². The number of nitrogens with zero attached hydrogens (tertiary/aromatic N) is 2. The third-order valence-corrected chi connectivity index (χ3v) is 4.30. The molecule has 0 saturated carbocycles. The molecule has 20 heavy (non-hydrogen) atoms. The van der Waals surface area contributed by atoms with Gasteiger partial charge in [-0.25, -0.2) is 0 Å². The summed E-state index contributed by atoms with van der Waals surface area (Å²) in [6.07, 6.45) is 1.13. The van der Waals surface area contributed by atoms with E-state index in [1.807, 2.05) is 25.1 Å². The quantitative estimate of drug-likeness (QED) is 0.335. The van der Waals surface area contributed by atoms with Gasteiger partial charge in [-0.2, -0.15) is 0 Å². The van der Waals surface area contributed by atoms with E-state index >= 15 is 0 Å². The number of oxime groups is 1. The van der Waals surface area contributed by atoms with Crippen LogP contribution >= 0.6 is 0 Å². The van der Waals surface area contributed by atoms with Crippen LogP contribution < -0.4 is 5.73 Å². The summed E-state index contributed by atoms with van der Waals surface area (Å²) in [6, 6.07) is 6.06. The van der Waals surface area contributed by atoms with Crippen LogP contribution in [0.15, 0.2) is 23.4 Å². The number of benzene rings is 1. The van der Waals surface area contributed by atoms with Crippen molar-refractivity contribution in [3.8, 4) is 0 Å². The summed E-state index contributed by atoms with van der Waals surface area (Å²) in [7, 11) is 0. The van der Waals surface area contributed by atoms with Crippen molar-refractivity contribution in [2.24, 2.45) is 16.8 Å². The third kappa shape index (κ3) is 2.94. The van der Waals surface area contributed by atoms with E-state index in [2.05, 4.69) is 17.0 Å². The van der Waals surface area contributed by atoms with E-state index in [0.717, 1.165) is 30.6 Å². The number of hydrogen-bond donors (Lipinski definition) is 3. The number of likely N-dealkylation sites (tertiary alicyclic amines) is 1. The molecule has 2 rings (SSSR count). The first-order valence-corrected chi connectivity index (χ1v) is 6.99. The Labute approximate surface area is 119 Å². The number of aliphatic hydroxyl groups excluding tert-OH is 1. The first-order chi connectivity index (χ1) is 9.56. The molecule has 1 saturated heterocycles. The second kappa shape index (κ2) is 6.24. The van der Waals surface area contributed by atoms with E-state index in [1.165, 1.54) is 5.56 Å².